The molecular formula is C18H36N4O4. The Morgan fingerprint density at radius 2 is 1.50 bits per heavy atom. The van der Waals surface area contributed by atoms with Gasteiger partial charge in [0.2, 0.25) is 11.8 Å². The van der Waals surface area contributed by atoms with Crippen molar-refractivity contribution in [2.24, 2.45) is 0 Å². The molecule has 1 atom stereocenters. The van der Waals surface area contributed by atoms with Gasteiger partial charge in [-0.25, -0.2) is 0 Å². The lowest BCUT2D eigenvalue weighted by Gasteiger charge is -2.32. The largest absolute Gasteiger partial charge is 0.354 e. The Kier molecular flexibility index (Phi) is 12.2. The van der Waals surface area contributed by atoms with E-state index >= 15 is 0 Å². The molecule has 2 amide bonds. The van der Waals surface area contributed by atoms with Gasteiger partial charge in [0.05, 0.1) is 13.2 Å². The third kappa shape index (κ3) is 11.4. The third-order valence-electron chi connectivity index (χ3n) is 4.28. The van der Waals surface area contributed by atoms with E-state index in [1.54, 1.807) is 0 Å². The Morgan fingerprint density at radius 1 is 0.962 bits per heavy atom. The van der Waals surface area contributed by atoms with Gasteiger partial charge in [-0.05, 0) is 20.4 Å². The molecule has 2 N–H and O–H groups in total. The van der Waals surface area contributed by atoms with Crippen molar-refractivity contribution in [3.05, 3.63) is 0 Å². The third-order valence-corrected chi connectivity index (χ3v) is 4.28. The van der Waals surface area contributed by atoms with Crippen LogP contribution in [-0.2, 0) is 19.1 Å². The zero-order valence-corrected chi connectivity index (χ0v) is 16.6. The fourth-order valence-corrected chi connectivity index (χ4v) is 2.61. The quantitative estimate of drug-likeness (QED) is 0.351. The minimum Gasteiger partial charge on any atom is -0.354 e. The van der Waals surface area contributed by atoms with Gasteiger partial charge in [-0.2, -0.15) is 0 Å². The Morgan fingerprint density at radius 3 is 2.04 bits per heavy atom. The van der Waals surface area contributed by atoms with Gasteiger partial charge in [-0.1, -0.05) is 6.92 Å². The summed E-state index contributed by atoms with van der Waals surface area (Å²) in [5.41, 5.74) is 0. The molecule has 8 heteroatoms. The Hall–Kier alpha value is -1.22. The van der Waals surface area contributed by atoms with Crippen molar-refractivity contribution >= 4 is 11.8 Å². The molecule has 0 bridgehead atoms. The SMILES string of the molecule is CCCC(=O)NCCOC(C)OCCNC(=O)CCN1CCN(C)CC1. The summed E-state index contributed by atoms with van der Waals surface area (Å²) in [5.74, 6) is 0.101. The molecule has 0 radical (unpaired) electrons. The summed E-state index contributed by atoms with van der Waals surface area (Å²) in [5, 5.41) is 5.65. The first-order chi connectivity index (χ1) is 12.5. The highest BCUT2D eigenvalue weighted by atomic mass is 16.7. The van der Waals surface area contributed by atoms with Gasteiger partial charge in [0, 0.05) is 58.7 Å². The van der Waals surface area contributed by atoms with E-state index in [2.05, 4.69) is 27.5 Å². The highest BCUT2D eigenvalue weighted by molar-refractivity contribution is 5.76. The standard InChI is InChI=1S/C18H36N4O4/c1-4-5-17(23)19-7-14-25-16(2)26-15-8-20-18(24)6-9-22-12-10-21(3)11-13-22/h16H,4-15H2,1-3H3,(H,19,23)(H,20,24). The lowest BCUT2D eigenvalue weighted by atomic mass is 10.3. The molecule has 1 saturated heterocycles. The summed E-state index contributed by atoms with van der Waals surface area (Å²) < 4.78 is 10.9. The summed E-state index contributed by atoms with van der Waals surface area (Å²) in [6.45, 7) is 10.5. The number of carbonyl (C=O) groups excluding carboxylic acids is 2. The molecule has 152 valence electrons. The smallest absolute Gasteiger partial charge is 0.221 e. The molecule has 1 unspecified atom stereocenters. The lowest BCUT2D eigenvalue weighted by molar-refractivity contribution is -0.134. The van der Waals surface area contributed by atoms with Gasteiger partial charge in [-0.15, -0.1) is 0 Å². The van der Waals surface area contributed by atoms with Crippen LogP contribution in [0.25, 0.3) is 0 Å². The maximum absolute atomic E-state index is 11.8. The number of likely N-dealkylation sites (N-methyl/N-ethyl adjacent to an activating group) is 1. The minimum atomic E-state index is -0.361. The number of ether oxygens (including phenoxy) is 2. The van der Waals surface area contributed by atoms with Gasteiger partial charge >= 0.3 is 0 Å². The normalized spacial score (nSPS) is 17.0. The Bertz CT molecular complexity index is 401. The van der Waals surface area contributed by atoms with Crippen LogP contribution in [0.2, 0.25) is 0 Å². The van der Waals surface area contributed by atoms with Crippen LogP contribution in [0, 0.1) is 0 Å². The van der Waals surface area contributed by atoms with Crippen LogP contribution in [0.4, 0.5) is 0 Å². The molecule has 0 saturated carbocycles. The number of rotatable bonds is 13. The number of hydrogen-bond donors (Lipinski definition) is 2. The van der Waals surface area contributed by atoms with Crippen LogP contribution in [0.1, 0.15) is 33.1 Å². The molecule has 8 nitrogen and oxygen atoms in total. The summed E-state index contributed by atoms with van der Waals surface area (Å²) in [4.78, 5) is 27.8. The molecule has 1 aliphatic heterocycles. The molecule has 1 heterocycles. The number of hydrogen-bond acceptors (Lipinski definition) is 6. The highest BCUT2D eigenvalue weighted by Crippen LogP contribution is 2.00. The van der Waals surface area contributed by atoms with E-state index < -0.39 is 0 Å². The van der Waals surface area contributed by atoms with E-state index in [0.29, 0.717) is 39.1 Å². The Balaban J connectivity index is 1.93. The second-order valence-corrected chi connectivity index (χ2v) is 6.65. The first-order valence-corrected chi connectivity index (χ1v) is 9.68. The van der Waals surface area contributed by atoms with Crippen LogP contribution >= 0.6 is 0 Å². The maximum atomic E-state index is 11.8. The van der Waals surface area contributed by atoms with E-state index in [-0.39, 0.29) is 18.1 Å². The number of carbonyl (C=O) groups is 2. The zero-order chi connectivity index (χ0) is 19.2. The molecule has 0 spiro atoms. The topological polar surface area (TPSA) is 83.1 Å². The summed E-state index contributed by atoms with van der Waals surface area (Å²) in [7, 11) is 2.12. The number of nitrogens with zero attached hydrogens (tertiary/aromatic N) is 2. The van der Waals surface area contributed by atoms with Crippen molar-refractivity contribution < 1.29 is 19.1 Å². The Labute approximate surface area is 157 Å². The van der Waals surface area contributed by atoms with E-state index in [9.17, 15) is 9.59 Å². The van der Waals surface area contributed by atoms with Crippen molar-refractivity contribution in [1.29, 1.82) is 0 Å². The predicted octanol–water partition coefficient (Wildman–Crippen LogP) is 0.0356. The fourth-order valence-electron chi connectivity index (χ4n) is 2.61. The molecule has 0 aromatic carbocycles. The number of piperazine rings is 1. The first-order valence-electron chi connectivity index (χ1n) is 9.68. The summed E-state index contributed by atoms with van der Waals surface area (Å²) in [6.07, 6.45) is 1.54. The number of nitrogens with one attached hydrogen (secondary N) is 2. The van der Waals surface area contributed by atoms with Crippen LogP contribution < -0.4 is 10.6 Å². The molecule has 0 aromatic rings. The lowest BCUT2D eigenvalue weighted by Crippen LogP contribution is -2.45. The second-order valence-electron chi connectivity index (χ2n) is 6.65. The predicted molar refractivity (Wildman–Crippen MR) is 101 cm³/mol. The average Bonchev–Trinajstić information content (AvgIpc) is 2.62. The zero-order valence-electron chi connectivity index (χ0n) is 16.6. The monoisotopic (exact) mass is 372 g/mol. The van der Waals surface area contributed by atoms with Crippen molar-refractivity contribution in [1.82, 2.24) is 20.4 Å². The highest BCUT2D eigenvalue weighted by Gasteiger charge is 2.14. The molecular weight excluding hydrogens is 336 g/mol. The maximum Gasteiger partial charge on any atom is 0.221 e. The van der Waals surface area contributed by atoms with Gasteiger partial charge in [0.15, 0.2) is 6.29 Å². The van der Waals surface area contributed by atoms with Crippen molar-refractivity contribution in [3.63, 3.8) is 0 Å². The van der Waals surface area contributed by atoms with Crippen molar-refractivity contribution in [3.8, 4) is 0 Å². The average molecular weight is 373 g/mol. The van der Waals surface area contributed by atoms with Crippen LogP contribution in [0.5, 0.6) is 0 Å². The van der Waals surface area contributed by atoms with Gasteiger partial charge < -0.3 is 29.9 Å². The number of amides is 2. The first kappa shape index (κ1) is 22.8. The van der Waals surface area contributed by atoms with Gasteiger partial charge in [-0.3, -0.25) is 9.59 Å². The molecule has 1 fully saturated rings. The van der Waals surface area contributed by atoms with E-state index in [1.807, 2.05) is 13.8 Å². The second kappa shape index (κ2) is 13.9. The summed E-state index contributed by atoms with van der Waals surface area (Å²) in [6, 6.07) is 0. The van der Waals surface area contributed by atoms with Crippen LogP contribution in [0.15, 0.2) is 0 Å². The van der Waals surface area contributed by atoms with Gasteiger partial charge in [0.25, 0.3) is 0 Å². The summed E-state index contributed by atoms with van der Waals surface area (Å²) >= 11 is 0. The van der Waals surface area contributed by atoms with Crippen LogP contribution in [0.3, 0.4) is 0 Å². The molecule has 1 aliphatic rings. The van der Waals surface area contributed by atoms with E-state index in [0.717, 1.165) is 39.1 Å². The molecule has 26 heavy (non-hydrogen) atoms. The van der Waals surface area contributed by atoms with E-state index in [1.165, 1.54) is 0 Å². The van der Waals surface area contributed by atoms with Crippen molar-refractivity contribution in [2.45, 2.75) is 39.4 Å². The molecule has 1 rings (SSSR count). The van der Waals surface area contributed by atoms with Gasteiger partial charge in [0.1, 0.15) is 0 Å². The fraction of sp³-hybridized carbons (Fsp3) is 0.889. The minimum absolute atomic E-state index is 0.0453. The molecule has 0 aliphatic carbocycles. The van der Waals surface area contributed by atoms with E-state index in [4.69, 9.17) is 9.47 Å². The van der Waals surface area contributed by atoms with Crippen molar-refractivity contribution in [2.75, 3.05) is 66.1 Å². The van der Waals surface area contributed by atoms with Crippen LogP contribution in [-0.4, -0.2) is 94.0 Å². The molecule has 0 aromatic heterocycles.